The fourth-order valence-electron chi connectivity index (χ4n) is 5.05. The first-order valence-corrected chi connectivity index (χ1v) is 16.1. The summed E-state index contributed by atoms with van der Waals surface area (Å²) in [5.41, 5.74) is 1.94. The summed E-state index contributed by atoms with van der Waals surface area (Å²) < 4.78 is 34.6. The Hall–Kier alpha value is -3.56. The molecule has 0 unspecified atom stereocenters. The molecule has 8 nitrogen and oxygen atoms in total. The fraction of sp³-hybridized carbons (Fsp3) is 0.375. The Labute approximate surface area is 253 Å². The number of rotatable bonds is 12. The molecule has 0 bridgehead atoms. The average Bonchev–Trinajstić information content (AvgIpc) is 3.48. The highest BCUT2D eigenvalue weighted by Gasteiger charge is 2.33. The van der Waals surface area contributed by atoms with Gasteiger partial charge in [-0.3, -0.25) is 13.9 Å². The molecule has 1 N–H and O–H groups in total. The SMILES string of the molecule is CCOc1ccc(N(CC(=O)N(Cc2cccc(Cl)c2)[C@@H](C)C(=O)NC2CCCC2)S(=O)(=O)c2ccc(C)cc2)cc1. The third-order valence-corrected chi connectivity index (χ3v) is 9.46. The molecular formula is C32H38ClN3O5S. The molecule has 2 amide bonds. The molecule has 1 fully saturated rings. The summed E-state index contributed by atoms with van der Waals surface area (Å²) in [6, 6.07) is 19.3. The summed E-state index contributed by atoms with van der Waals surface area (Å²) >= 11 is 6.22. The third-order valence-electron chi connectivity index (χ3n) is 7.43. The summed E-state index contributed by atoms with van der Waals surface area (Å²) in [5.74, 6) is -0.208. The first-order chi connectivity index (χ1) is 20.1. The predicted octanol–water partition coefficient (Wildman–Crippen LogP) is 5.72. The lowest BCUT2D eigenvalue weighted by Gasteiger charge is -2.32. The summed E-state index contributed by atoms with van der Waals surface area (Å²) in [6.45, 7) is 5.44. The minimum Gasteiger partial charge on any atom is -0.494 e. The number of amides is 2. The zero-order valence-electron chi connectivity index (χ0n) is 24.3. The topological polar surface area (TPSA) is 96.0 Å². The summed E-state index contributed by atoms with van der Waals surface area (Å²) in [4.78, 5) is 28.9. The van der Waals surface area contributed by atoms with Gasteiger partial charge < -0.3 is 15.0 Å². The highest BCUT2D eigenvalue weighted by Crippen LogP contribution is 2.27. The molecule has 4 rings (SSSR count). The molecule has 1 aliphatic rings. The van der Waals surface area contributed by atoms with Crippen molar-refractivity contribution in [2.45, 2.75) is 70.0 Å². The molecule has 42 heavy (non-hydrogen) atoms. The van der Waals surface area contributed by atoms with E-state index in [0.29, 0.717) is 23.1 Å². The number of ether oxygens (including phenoxy) is 1. The maximum absolute atomic E-state index is 14.1. The van der Waals surface area contributed by atoms with E-state index in [9.17, 15) is 18.0 Å². The van der Waals surface area contributed by atoms with E-state index in [1.54, 1.807) is 61.5 Å². The number of benzene rings is 3. The predicted molar refractivity (Wildman–Crippen MR) is 165 cm³/mol. The van der Waals surface area contributed by atoms with Gasteiger partial charge in [-0.25, -0.2) is 8.42 Å². The van der Waals surface area contributed by atoms with Crippen LogP contribution in [0.3, 0.4) is 0 Å². The Bertz CT molecular complexity index is 1470. The van der Waals surface area contributed by atoms with Gasteiger partial charge in [-0.05, 0) is 87.7 Å². The number of anilines is 1. The van der Waals surface area contributed by atoms with E-state index in [4.69, 9.17) is 16.3 Å². The average molecular weight is 612 g/mol. The molecular weight excluding hydrogens is 574 g/mol. The first-order valence-electron chi connectivity index (χ1n) is 14.2. The van der Waals surface area contributed by atoms with Crippen molar-refractivity contribution in [3.05, 3.63) is 88.9 Å². The lowest BCUT2D eigenvalue weighted by Crippen LogP contribution is -2.52. The first kappa shape index (κ1) is 31.4. The Morgan fingerprint density at radius 1 is 1.02 bits per heavy atom. The van der Waals surface area contributed by atoms with Crippen molar-refractivity contribution >= 4 is 39.1 Å². The van der Waals surface area contributed by atoms with Gasteiger partial charge in [0.1, 0.15) is 18.3 Å². The highest BCUT2D eigenvalue weighted by molar-refractivity contribution is 7.92. The van der Waals surface area contributed by atoms with Crippen molar-refractivity contribution in [3.63, 3.8) is 0 Å². The number of carbonyl (C=O) groups excluding carboxylic acids is 2. The van der Waals surface area contributed by atoms with Gasteiger partial charge >= 0.3 is 0 Å². The van der Waals surface area contributed by atoms with Gasteiger partial charge in [0.05, 0.1) is 17.2 Å². The molecule has 224 valence electrons. The second-order valence-electron chi connectivity index (χ2n) is 10.6. The van der Waals surface area contributed by atoms with E-state index in [0.717, 1.165) is 41.1 Å². The minimum atomic E-state index is -4.15. The number of halogens is 1. The lowest BCUT2D eigenvalue weighted by atomic mass is 10.1. The summed E-state index contributed by atoms with van der Waals surface area (Å²) in [6.07, 6.45) is 3.92. The van der Waals surface area contributed by atoms with E-state index in [1.807, 2.05) is 19.9 Å². The van der Waals surface area contributed by atoms with Crippen LogP contribution in [0.25, 0.3) is 0 Å². The van der Waals surface area contributed by atoms with Crippen molar-refractivity contribution < 1.29 is 22.7 Å². The van der Waals surface area contributed by atoms with Crippen LogP contribution < -0.4 is 14.4 Å². The van der Waals surface area contributed by atoms with Crippen molar-refractivity contribution in [1.29, 1.82) is 0 Å². The van der Waals surface area contributed by atoms with Gasteiger partial charge in [-0.1, -0.05) is 54.3 Å². The molecule has 1 saturated carbocycles. The maximum atomic E-state index is 14.1. The highest BCUT2D eigenvalue weighted by atomic mass is 35.5. The maximum Gasteiger partial charge on any atom is 0.264 e. The fourth-order valence-corrected chi connectivity index (χ4v) is 6.68. The van der Waals surface area contributed by atoms with Gasteiger partial charge in [0.25, 0.3) is 10.0 Å². The number of carbonyl (C=O) groups is 2. The molecule has 0 aromatic heterocycles. The number of nitrogens with zero attached hydrogens (tertiary/aromatic N) is 2. The molecule has 1 aliphatic carbocycles. The molecule has 0 heterocycles. The van der Waals surface area contributed by atoms with Crippen LogP contribution in [-0.2, 0) is 26.2 Å². The van der Waals surface area contributed by atoms with Gasteiger partial charge in [0, 0.05) is 17.6 Å². The Kier molecular flexibility index (Phi) is 10.5. The Balaban J connectivity index is 1.69. The zero-order valence-corrected chi connectivity index (χ0v) is 25.8. The van der Waals surface area contributed by atoms with Gasteiger partial charge in [0.15, 0.2) is 0 Å². The van der Waals surface area contributed by atoms with E-state index in [1.165, 1.54) is 17.0 Å². The smallest absolute Gasteiger partial charge is 0.264 e. The summed E-state index contributed by atoms with van der Waals surface area (Å²) in [7, 11) is -4.15. The molecule has 0 saturated heterocycles. The number of aryl methyl sites for hydroxylation is 1. The van der Waals surface area contributed by atoms with E-state index in [-0.39, 0.29) is 23.4 Å². The second kappa shape index (κ2) is 14.1. The minimum absolute atomic E-state index is 0.0585. The molecule has 0 radical (unpaired) electrons. The third kappa shape index (κ3) is 7.83. The van der Waals surface area contributed by atoms with Crippen molar-refractivity contribution in [1.82, 2.24) is 10.2 Å². The van der Waals surface area contributed by atoms with Crippen molar-refractivity contribution in [2.24, 2.45) is 0 Å². The van der Waals surface area contributed by atoms with Gasteiger partial charge in [-0.2, -0.15) is 0 Å². The molecule has 3 aromatic carbocycles. The number of sulfonamides is 1. The molecule has 0 aliphatic heterocycles. The van der Waals surface area contributed by atoms with Crippen molar-refractivity contribution in [2.75, 3.05) is 17.5 Å². The van der Waals surface area contributed by atoms with Crippen LogP contribution in [0.5, 0.6) is 5.75 Å². The van der Waals surface area contributed by atoms with Crippen LogP contribution in [0.15, 0.2) is 77.7 Å². The summed E-state index contributed by atoms with van der Waals surface area (Å²) in [5, 5.41) is 3.57. The lowest BCUT2D eigenvalue weighted by molar-refractivity contribution is -0.139. The van der Waals surface area contributed by atoms with E-state index < -0.39 is 28.5 Å². The standard InChI is InChI=1S/C32H38ClN3O5S/c1-4-41-29-16-14-28(15-17-29)36(42(39,40)30-18-12-23(2)13-19-30)22-31(37)35(21-25-8-7-9-26(33)20-25)24(3)32(38)34-27-10-5-6-11-27/h7-9,12-20,24,27H,4-6,10-11,21-22H2,1-3H3,(H,34,38)/t24-/m0/s1. The molecule has 1 atom stereocenters. The Morgan fingerprint density at radius 3 is 2.31 bits per heavy atom. The van der Waals surface area contributed by atoms with Crippen LogP contribution in [0.1, 0.15) is 50.7 Å². The zero-order chi connectivity index (χ0) is 30.3. The number of nitrogens with one attached hydrogen (secondary N) is 1. The molecule has 10 heteroatoms. The van der Waals surface area contributed by atoms with Crippen LogP contribution >= 0.6 is 11.6 Å². The van der Waals surface area contributed by atoms with Gasteiger partial charge in [0.2, 0.25) is 11.8 Å². The normalized spacial score (nSPS) is 14.3. The molecule has 0 spiro atoms. The van der Waals surface area contributed by atoms with Crippen LogP contribution in [-0.4, -0.2) is 50.4 Å². The molecule has 3 aromatic rings. The number of hydrogen-bond donors (Lipinski definition) is 1. The van der Waals surface area contributed by atoms with E-state index >= 15 is 0 Å². The largest absolute Gasteiger partial charge is 0.494 e. The Morgan fingerprint density at radius 2 is 1.69 bits per heavy atom. The number of hydrogen-bond acceptors (Lipinski definition) is 5. The van der Waals surface area contributed by atoms with Gasteiger partial charge in [-0.15, -0.1) is 0 Å². The van der Waals surface area contributed by atoms with Crippen LogP contribution in [0, 0.1) is 6.92 Å². The van der Waals surface area contributed by atoms with Crippen LogP contribution in [0.4, 0.5) is 5.69 Å². The quantitative estimate of drug-likeness (QED) is 0.283. The van der Waals surface area contributed by atoms with Crippen LogP contribution in [0.2, 0.25) is 5.02 Å². The monoisotopic (exact) mass is 611 g/mol. The van der Waals surface area contributed by atoms with Crippen molar-refractivity contribution in [3.8, 4) is 5.75 Å². The second-order valence-corrected chi connectivity index (χ2v) is 12.9. The van der Waals surface area contributed by atoms with E-state index in [2.05, 4.69) is 5.32 Å².